The number of likely N-dealkylation sites (N-methyl/N-ethyl adjacent to an activating group) is 1. The van der Waals surface area contributed by atoms with E-state index < -0.39 is 5.41 Å². The number of carbonyl (C=O) groups is 1. The molecule has 0 unspecified atom stereocenters. The van der Waals surface area contributed by atoms with E-state index in [4.69, 9.17) is 23.2 Å². The van der Waals surface area contributed by atoms with Gasteiger partial charge < -0.3 is 10.6 Å². The molecule has 0 atom stereocenters. The summed E-state index contributed by atoms with van der Waals surface area (Å²) in [6, 6.07) is 5.49. The molecule has 1 amide bonds. The molecule has 0 aliphatic heterocycles. The molecule has 1 aromatic rings. The van der Waals surface area contributed by atoms with Crippen molar-refractivity contribution in [2.24, 2.45) is 0 Å². The van der Waals surface area contributed by atoms with Crippen molar-refractivity contribution in [1.82, 2.24) is 10.6 Å². The van der Waals surface area contributed by atoms with Crippen LogP contribution in [0.4, 0.5) is 0 Å². The molecule has 0 spiro atoms. The van der Waals surface area contributed by atoms with E-state index in [-0.39, 0.29) is 18.3 Å². The van der Waals surface area contributed by atoms with E-state index in [9.17, 15) is 4.79 Å². The van der Waals surface area contributed by atoms with E-state index in [2.05, 4.69) is 10.6 Å². The molecule has 1 aromatic carbocycles. The third-order valence-corrected chi connectivity index (χ3v) is 4.51. The minimum absolute atomic E-state index is 0. The van der Waals surface area contributed by atoms with Crippen molar-refractivity contribution < 1.29 is 4.79 Å². The van der Waals surface area contributed by atoms with Gasteiger partial charge in [0.05, 0.1) is 15.5 Å². The molecule has 1 aliphatic carbocycles. The molecule has 20 heavy (non-hydrogen) atoms. The zero-order valence-electron chi connectivity index (χ0n) is 11.3. The van der Waals surface area contributed by atoms with Gasteiger partial charge in [0.25, 0.3) is 0 Å². The van der Waals surface area contributed by atoms with Gasteiger partial charge in [0.2, 0.25) is 5.91 Å². The molecule has 0 radical (unpaired) electrons. The molecule has 0 aromatic heterocycles. The van der Waals surface area contributed by atoms with Crippen molar-refractivity contribution in [1.29, 1.82) is 0 Å². The summed E-state index contributed by atoms with van der Waals surface area (Å²) >= 11 is 12.0. The first kappa shape index (κ1) is 17.6. The SMILES string of the molecule is CNCCNC(=O)C1(c2ccc(Cl)c(Cl)c2)CCC1.Cl. The van der Waals surface area contributed by atoms with E-state index in [1.54, 1.807) is 6.07 Å². The molecule has 6 heteroatoms. The van der Waals surface area contributed by atoms with Gasteiger partial charge in [-0.25, -0.2) is 0 Å². The quantitative estimate of drug-likeness (QED) is 0.810. The number of hydrogen-bond donors (Lipinski definition) is 2. The monoisotopic (exact) mass is 336 g/mol. The molecule has 2 rings (SSSR count). The topological polar surface area (TPSA) is 41.1 Å². The molecule has 112 valence electrons. The number of rotatable bonds is 5. The van der Waals surface area contributed by atoms with Gasteiger partial charge in [-0.05, 0) is 37.6 Å². The van der Waals surface area contributed by atoms with Crippen LogP contribution in [0.1, 0.15) is 24.8 Å². The van der Waals surface area contributed by atoms with Crippen LogP contribution >= 0.6 is 35.6 Å². The second-order valence-electron chi connectivity index (χ2n) is 4.92. The van der Waals surface area contributed by atoms with E-state index in [1.807, 2.05) is 19.2 Å². The molecular weight excluding hydrogens is 319 g/mol. The van der Waals surface area contributed by atoms with Gasteiger partial charge in [0.1, 0.15) is 0 Å². The number of nitrogens with one attached hydrogen (secondary N) is 2. The highest BCUT2D eigenvalue weighted by Gasteiger charge is 2.45. The fourth-order valence-electron chi connectivity index (χ4n) is 2.44. The highest BCUT2D eigenvalue weighted by Crippen LogP contribution is 2.45. The molecule has 1 saturated carbocycles. The third kappa shape index (κ3) is 3.40. The average Bonchev–Trinajstić information content (AvgIpc) is 2.32. The minimum atomic E-state index is -0.415. The van der Waals surface area contributed by atoms with Crippen molar-refractivity contribution in [3.05, 3.63) is 33.8 Å². The standard InChI is InChI=1S/C14H18Cl2N2O.ClH/c1-17-7-8-18-13(19)14(5-2-6-14)10-3-4-11(15)12(16)9-10;/h3-4,9,17H,2,5-8H2,1H3,(H,18,19);1H. The molecular formula is C14H19Cl3N2O. The van der Waals surface area contributed by atoms with Crippen LogP contribution in [-0.2, 0) is 10.2 Å². The lowest BCUT2D eigenvalue weighted by atomic mass is 9.64. The van der Waals surface area contributed by atoms with Gasteiger partial charge in [0.15, 0.2) is 0 Å². The van der Waals surface area contributed by atoms with Crippen molar-refractivity contribution in [2.75, 3.05) is 20.1 Å². The summed E-state index contributed by atoms with van der Waals surface area (Å²) in [5.41, 5.74) is 0.553. The number of benzene rings is 1. The predicted molar refractivity (Wildman–Crippen MR) is 86.2 cm³/mol. The lowest BCUT2D eigenvalue weighted by molar-refractivity contribution is -0.129. The molecule has 1 aliphatic rings. The molecule has 3 nitrogen and oxygen atoms in total. The summed E-state index contributed by atoms with van der Waals surface area (Å²) in [4.78, 5) is 12.4. The number of halogens is 3. The van der Waals surface area contributed by atoms with Crippen LogP contribution in [0, 0.1) is 0 Å². The summed E-state index contributed by atoms with van der Waals surface area (Å²) in [5.74, 6) is 0.0902. The van der Waals surface area contributed by atoms with Gasteiger partial charge >= 0.3 is 0 Å². The normalized spacial score (nSPS) is 15.9. The Morgan fingerprint density at radius 3 is 2.45 bits per heavy atom. The number of amides is 1. The first-order valence-electron chi connectivity index (χ1n) is 6.48. The molecule has 2 N–H and O–H groups in total. The van der Waals surface area contributed by atoms with Crippen molar-refractivity contribution in [3.8, 4) is 0 Å². The maximum Gasteiger partial charge on any atom is 0.230 e. The van der Waals surface area contributed by atoms with E-state index in [1.165, 1.54) is 0 Å². The predicted octanol–water partition coefficient (Wildman–Crippen LogP) is 3.17. The van der Waals surface area contributed by atoms with Crippen LogP contribution in [0.15, 0.2) is 18.2 Å². The molecule has 0 bridgehead atoms. The zero-order valence-corrected chi connectivity index (χ0v) is 13.7. The van der Waals surface area contributed by atoms with Crippen molar-refractivity contribution in [2.45, 2.75) is 24.7 Å². The van der Waals surface area contributed by atoms with E-state index >= 15 is 0 Å². The summed E-state index contributed by atoms with van der Waals surface area (Å²) in [6.07, 6.45) is 2.81. The Labute approximate surface area is 135 Å². The van der Waals surface area contributed by atoms with Crippen LogP contribution < -0.4 is 10.6 Å². The average molecular weight is 338 g/mol. The fraction of sp³-hybridized carbons (Fsp3) is 0.500. The largest absolute Gasteiger partial charge is 0.354 e. The van der Waals surface area contributed by atoms with Crippen LogP contribution in [0.25, 0.3) is 0 Å². The van der Waals surface area contributed by atoms with Crippen LogP contribution in [0.2, 0.25) is 10.0 Å². The molecule has 1 fully saturated rings. The van der Waals surface area contributed by atoms with Gasteiger partial charge in [-0.3, -0.25) is 4.79 Å². The third-order valence-electron chi connectivity index (χ3n) is 3.77. The first-order chi connectivity index (χ1) is 9.10. The minimum Gasteiger partial charge on any atom is -0.354 e. The van der Waals surface area contributed by atoms with Crippen LogP contribution in [0.5, 0.6) is 0 Å². The van der Waals surface area contributed by atoms with Crippen molar-refractivity contribution >= 4 is 41.5 Å². The lowest BCUT2D eigenvalue weighted by Crippen LogP contribution is -2.50. The Morgan fingerprint density at radius 2 is 1.95 bits per heavy atom. The van der Waals surface area contributed by atoms with Gasteiger partial charge in [-0.15, -0.1) is 12.4 Å². The highest BCUT2D eigenvalue weighted by molar-refractivity contribution is 6.42. The maximum absolute atomic E-state index is 12.4. The highest BCUT2D eigenvalue weighted by atomic mass is 35.5. The summed E-state index contributed by atoms with van der Waals surface area (Å²) < 4.78 is 0. The maximum atomic E-state index is 12.4. The first-order valence-corrected chi connectivity index (χ1v) is 7.24. The van der Waals surface area contributed by atoms with Gasteiger partial charge in [-0.2, -0.15) is 0 Å². The second-order valence-corrected chi connectivity index (χ2v) is 5.74. The Morgan fingerprint density at radius 1 is 1.25 bits per heavy atom. The Balaban J connectivity index is 0.00000200. The van der Waals surface area contributed by atoms with Gasteiger partial charge in [-0.1, -0.05) is 35.7 Å². The Hall–Kier alpha value is -0.480. The smallest absolute Gasteiger partial charge is 0.230 e. The van der Waals surface area contributed by atoms with Crippen molar-refractivity contribution in [3.63, 3.8) is 0 Å². The molecule has 0 saturated heterocycles. The lowest BCUT2D eigenvalue weighted by Gasteiger charge is -2.40. The summed E-state index contributed by atoms with van der Waals surface area (Å²) in [6.45, 7) is 1.40. The summed E-state index contributed by atoms with van der Waals surface area (Å²) in [5, 5.41) is 7.03. The zero-order chi connectivity index (χ0) is 13.9. The fourth-order valence-corrected chi connectivity index (χ4v) is 2.74. The van der Waals surface area contributed by atoms with Crippen LogP contribution in [0.3, 0.4) is 0 Å². The number of carbonyl (C=O) groups excluding carboxylic acids is 1. The molecule has 0 heterocycles. The Bertz CT molecular complexity index is 475. The summed E-state index contributed by atoms with van der Waals surface area (Å²) in [7, 11) is 1.87. The number of hydrogen-bond acceptors (Lipinski definition) is 2. The second kappa shape index (κ2) is 7.51. The van der Waals surface area contributed by atoms with Crippen LogP contribution in [-0.4, -0.2) is 26.0 Å². The van der Waals surface area contributed by atoms with E-state index in [0.717, 1.165) is 31.4 Å². The van der Waals surface area contributed by atoms with E-state index in [0.29, 0.717) is 16.6 Å². The Kier molecular flexibility index (Phi) is 6.59. The van der Waals surface area contributed by atoms with Gasteiger partial charge in [0, 0.05) is 13.1 Å².